The maximum atomic E-state index is 12.8. The van der Waals surface area contributed by atoms with Gasteiger partial charge < -0.3 is 14.2 Å². The Hall–Kier alpha value is -2.63. The van der Waals surface area contributed by atoms with Crippen LogP contribution in [0.5, 0.6) is 0 Å². The first kappa shape index (κ1) is 59.4. The minimum absolute atomic E-state index is 0.0824. The molecule has 0 radical (unpaired) electrons. The van der Waals surface area contributed by atoms with E-state index < -0.39 is 6.10 Å². The smallest absolute Gasteiger partial charge is 0.306 e. The predicted octanol–water partition coefficient (Wildman–Crippen LogP) is 17.5. The highest BCUT2D eigenvalue weighted by Crippen LogP contribution is 2.16. The fourth-order valence-electron chi connectivity index (χ4n) is 7.61. The van der Waals surface area contributed by atoms with Crippen LogP contribution in [0, 0.1) is 0 Å². The number of carbonyl (C=O) groups excluding carboxylic acids is 3. The Morgan fingerprint density at radius 3 is 0.984 bits per heavy atom. The molecule has 62 heavy (non-hydrogen) atoms. The monoisotopic (exact) mass is 869 g/mol. The fraction of sp³-hybridized carbons (Fsp3) is 0.804. The van der Waals surface area contributed by atoms with Gasteiger partial charge in [-0.05, 0) is 57.8 Å². The molecule has 0 heterocycles. The molecule has 1 atom stereocenters. The highest BCUT2D eigenvalue weighted by Gasteiger charge is 2.19. The van der Waals surface area contributed by atoms with Crippen LogP contribution in [0.4, 0.5) is 0 Å². The molecule has 0 spiro atoms. The van der Waals surface area contributed by atoms with Gasteiger partial charge in [0, 0.05) is 19.3 Å². The Morgan fingerprint density at radius 2 is 0.629 bits per heavy atom. The molecule has 360 valence electrons. The Labute approximate surface area is 384 Å². The normalized spacial score (nSPS) is 12.4. The van der Waals surface area contributed by atoms with Gasteiger partial charge in [-0.15, -0.1) is 0 Å². The molecule has 0 saturated carbocycles. The summed E-state index contributed by atoms with van der Waals surface area (Å²) in [6.07, 6.45) is 61.0. The molecular weight excluding hydrogens is 769 g/mol. The number of rotatable bonds is 48. The lowest BCUT2D eigenvalue weighted by Gasteiger charge is -2.18. The summed E-state index contributed by atoms with van der Waals surface area (Å²) in [6.45, 7) is 6.51. The summed E-state index contributed by atoms with van der Waals surface area (Å²) in [5, 5.41) is 0. The van der Waals surface area contributed by atoms with E-state index in [1.807, 2.05) is 0 Å². The van der Waals surface area contributed by atoms with Crippen molar-refractivity contribution in [1.29, 1.82) is 0 Å². The van der Waals surface area contributed by atoms with Crippen molar-refractivity contribution in [3.05, 3.63) is 48.6 Å². The third-order valence-corrected chi connectivity index (χ3v) is 11.6. The summed E-state index contributed by atoms with van der Waals surface area (Å²) in [5.41, 5.74) is 0. The standard InChI is InChI=1S/C56H100O6/c1-4-7-10-13-16-19-22-24-26-28-29-31-32-34-37-40-43-46-49-55(58)61-52-53(51-60-54(57)48-45-42-39-36-21-18-15-12-9-6-3)62-56(59)50-47-44-41-38-35-33-30-27-25-23-20-17-14-11-8-5-2/h8,11,17,20,25,27,33,35,53H,4-7,9-10,12-16,18-19,21-24,26,28-32,34,36-52H2,1-3H3/b11-8-,20-17-,27-25-,35-33-. The van der Waals surface area contributed by atoms with Crippen LogP contribution < -0.4 is 0 Å². The highest BCUT2D eigenvalue weighted by atomic mass is 16.6. The fourth-order valence-corrected chi connectivity index (χ4v) is 7.61. The number of ether oxygens (including phenoxy) is 3. The van der Waals surface area contributed by atoms with Crippen LogP contribution in [0.3, 0.4) is 0 Å². The molecule has 0 saturated heterocycles. The van der Waals surface area contributed by atoms with Crippen molar-refractivity contribution in [1.82, 2.24) is 0 Å². The van der Waals surface area contributed by atoms with E-state index in [1.54, 1.807) is 0 Å². The predicted molar refractivity (Wildman–Crippen MR) is 265 cm³/mol. The molecule has 6 nitrogen and oxygen atoms in total. The molecule has 1 unspecified atom stereocenters. The number of allylic oxidation sites excluding steroid dienone is 8. The van der Waals surface area contributed by atoms with Crippen molar-refractivity contribution in [2.45, 2.75) is 277 Å². The Kier molecular flexibility index (Phi) is 48.8. The van der Waals surface area contributed by atoms with E-state index >= 15 is 0 Å². The number of esters is 3. The highest BCUT2D eigenvalue weighted by molar-refractivity contribution is 5.71. The number of carbonyl (C=O) groups is 3. The van der Waals surface area contributed by atoms with Gasteiger partial charge in [-0.3, -0.25) is 14.4 Å². The lowest BCUT2D eigenvalue weighted by atomic mass is 10.0. The summed E-state index contributed by atoms with van der Waals surface area (Å²) >= 11 is 0. The molecule has 0 bridgehead atoms. The first-order valence-electron chi connectivity index (χ1n) is 26.6. The second-order valence-electron chi connectivity index (χ2n) is 17.8. The van der Waals surface area contributed by atoms with Gasteiger partial charge in [-0.25, -0.2) is 0 Å². The molecule has 0 aliphatic rings. The average Bonchev–Trinajstić information content (AvgIpc) is 3.27. The van der Waals surface area contributed by atoms with Gasteiger partial charge in [0.05, 0.1) is 0 Å². The number of unbranched alkanes of at least 4 members (excludes halogenated alkanes) is 29. The minimum atomic E-state index is -0.784. The molecule has 0 rings (SSSR count). The molecule has 0 amide bonds. The van der Waals surface area contributed by atoms with Crippen molar-refractivity contribution in [3.8, 4) is 0 Å². The molecule has 0 aromatic rings. The van der Waals surface area contributed by atoms with Crippen LogP contribution >= 0.6 is 0 Å². The van der Waals surface area contributed by atoms with E-state index in [-0.39, 0.29) is 31.1 Å². The average molecular weight is 869 g/mol. The number of hydrogen-bond acceptors (Lipinski definition) is 6. The molecule has 0 aliphatic carbocycles. The lowest BCUT2D eigenvalue weighted by Crippen LogP contribution is -2.30. The minimum Gasteiger partial charge on any atom is -0.462 e. The van der Waals surface area contributed by atoms with E-state index in [0.29, 0.717) is 19.3 Å². The zero-order valence-corrected chi connectivity index (χ0v) is 41.1. The van der Waals surface area contributed by atoms with E-state index in [9.17, 15) is 14.4 Å². The van der Waals surface area contributed by atoms with E-state index in [1.165, 1.54) is 141 Å². The van der Waals surface area contributed by atoms with Crippen molar-refractivity contribution in [2.24, 2.45) is 0 Å². The number of hydrogen-bond donors (Lipinski definition) is 0. The Morgan fingerprint density at radius 1 is 0.339 bits per heavy atom. The van der Waals surface area contributed by atoms with Crippen LogP contribution in [-0.2, 0) is 28.6 Å². The topological polar surface area (TPSA) is 78.9 Å². The van der Waals surface area contributed by atoms with E-state index in [2.05, 4.69) is 69.4 Å². The van der Waals surface area contributed by atoms with Gasteiger partial charge in [0.25, 0.3) is 0 Å². The van der Waals surface area contributed by atoms with E-state index in [4.69, 9.17) is 14.2 Å². The second-order valence-corrected chi connectivity index (χ2v) is 17.8. The molecule has 0 aliphatic heterocycles. The Bertz CT molecular complexity index is 1090. The maximum Gasteiger partial charge on any atom is 0.306 e. The van der Waals surface area contributed by atoms with Crippen LogP contribution in [0.15, 0.2) is 48.6 Å². The van der Waals surface area contributed by atoms with Gasteiger partial charge in [-0.1, -0.05) is 243 Å². The summed E-state index contributed by atoms with van der Waals surface area (Å²) in [4.78, 5) is 37.9. The van der Waals surface area contributed by atoms with Gasteiger partial charge in [0.2, 0.25) is 0 Å². The summed E-state index contributed by atoms with van der Waals surface area (Å²) in [5.74, 6) is -0.905. The summed E-state index contributed by atoms with van der Waals surface area (Å²) in [7, 11) is 0. The van der Waals surface area contributed by atoms with Gasteiger partial charge in [-0.2, -0.15) is 0 Å². The third kappa shape index (κ3) is 48.4. The van der Waals surface area contributed by atoms with Gasteiger partial charge >= 0.3 is 17.9 Å². The van der Waals surface area contributed by atoms with Crippen LogP contribution in [0.1, 0.15) is 271 Å². The quantitative estimate of drug-likeness (QED) is 0.0262. The lowest BCUT2D eigenvalue weighted by molar-refractivity contribution is -0.167. The largest absolute Gasteiger partial charge is 0.462 e. The zero-order chi connectivity index (χ0) is 45.1. The summed E-state index contributed by atoms with van der Waals surface area (Å²) in [6, 6.07) is 0. The van der Waals surface area contributed by atoms with E-state index in [0.717, 1.165) is 89.9 Å². The van der Waals surface area contributed by atoms with Gasteiger partial charge in [0.15, 0.2) is 6.10 Å². The van der Waals surface area contributed by atoms with Crippen LogP contribution in [0.2, 0.25) is 0 Å². The molecule has 0 aromatic carbocycles. The first-order chi connectivity index (χ1) is 30.5. The summed E-state index contributed by atoms with van der Waals surface area (Å²) < 4.78 is 16.8. The molecule has 0 aromatic heterocycles. The molecular formula is C56H100O6. The molecule has 0 N–H and O–H groups in total. The van der Waals surface area contributed by atoms with Crippen molar-refractivity contribution < 1.29 is 28.6 Å². The van der Waals surface area contributed by atoms with Gasteiger partial charge in [0.1, 0.15) is 13.2 Å². The second kappa shape index (κ2) is 51.0. The van der Waals surface area contributed by atoms with Crippen molar-refractivity contribution in [2.75, 3.05) is 13.2 Å². The van der Waals surface area contributed by atoms with Crippen molar-refractivity contribution >= 4 is 17.9 Å². The first-order valence-corrected chi connectivity index (χ1v) is 26.6. The molecule has 6 heteroatoms. The third-order valence-electron chi connectivity index (χ3n) is 11.6. The SMILES string of the molecule is CC/C=C\C/C=C\C/C=C\C/C=C\CCCCCC(=O)OC(COC(=O)CCCCCCCCCCCC)COC(=O)CCCCCCCCCCCCCCCCCCCC. The zero-order valence-electron chi connectivity index (χ0n) is 41.1. The van der Waals surface area contributed by atoms with Crippen LogP contribution in [0.25, 0.3) is 0 Å². The van der Waals surface area contributed by atoms with Crippen LogP contribution in [-0.4, -0.2) is 37.2 Å². The van der Waals surface area contributed by atoms with Crippen molar-refractivity contribution in [3.63, 3.8) is 0 Å². The maximum absolute atomic E-state index is 12.8. The molecule has 0 fully saturated rings. The Balaban J connectivity index is 4.34.